The van der Waals surface area contributed by atoms with E-state index in [-0.39, 0.29) is 11.3 Å². The average molecular weight is 168 g/mol. The van der Waals surface area contributed by atoms with Crippen LogP contribution < -0.4 is 5.56 Å². The molecule has 1 heterocycles. The molecule has 64 valence electrons. The third-order valence-corrected chi connectivity index (χ3v) is 1.37. The average Bonchev–Trinajstić information content (AvgIpc) is 2.08. The number of rotatable bonds is 1. The third kappa shape index (κ3) is 1.50. The summed E-state index contributed by atoms with van der Waals surface area (Å²) >= 11 is 0. The van der Waals surface area contributed by atoms with Gasteiger partial charge in [0.25, 0.3) is 5.56 Å². The van der Waals surface area contributed by atoms with E-state index in [9.17, 15) is 9.59 Å². The molecule has 0 aromatic carbocycles. The summed E-state index contributed by atoms with van der Waals surface area (Å²) in [4.78, 5) is 25.5. The van der Waals surface area contributed by atoms with E-state index in [1.54, 1.807) is 7.05 Å². The van der Waals surface area contributed by atoms with Crippen molar-refractivity contribution in [3.05, 3.63) is 28.4 Å². The van der Waals surface area contributed by atoms with Gasteiger partial charge in [-0.1, -0.05) is 0 Å². The van der Waals surface area contributed by atoms with Crippen LogP contribution in [0.1, 0.15) is 10.5 Å². The smallest absolute Gasteiger partial charge is 0.356 e. The number of esters is 1. The third-order valence-electron chi connectivity index (χ3n) is 1.37. The van der Waals surface area contributed by atoms with Gasteiger partial charge in [0.1, 0.15) is 0 Å². The molecule has 0 fully saturated rings. The summed E-state index contributed by atoms with van der Waals surface area (Å²) in [6, 6.07) is 1.13. The molecular formula is C7H8N2O3. The van der Waals surface area contributed by atoms with Crippen molar-refractivity contribution in [1.82, 2.24) is 9.55 Å². The number of ether oxygens (including phenoxy) is 1. The molecule has 0 amide bonds. The van der Waals surface area contributed by atoms with Crippen LogP contribution in [0.5, 0.6) is 0 Å². The maximum atomic E-state index is 11.0. The zero-order chi connectivity index (χ0) is 9.14. The van der Waals surface area contributed by atoms with E-state index < -0.39 is 5.97 Å². The molecule has 1 aromatic rings. The van der Waals surface area contributed by atoms with E-state index in [0.717, 1.165) is 6.07 Å². The van der Waals surface area contributed by atoms with Crippen LogP contribution in [0.15, 0.2) is 17.2 Å². The van der Waals surface area contributed by atoms with Gasteiger partial charge in [-0.05, 0) is 0 Å². The lowest BCUT2D eigenvalue weighted by Crippen LogP contribution is -2.19. The fraction of sp³-hybridized carbons (Fsp3) is 0.286. The summed E-state index contributed by atoms with van der Waals surface area (Å²) in [5.74, 6) is -0.604. The van der Waals surface area contributed by atoms with E-state index in [4.69, 9.17) is 0 Å². The molecule has 12 heavy (non-hydrogen) atoms. The number of aryl methyl sites for hydroxylation is 1. The fourth-order valence-corrected chi connectivity index (χ4v) is 0.678. The molecule has 1 aromatic heterocycles. The Bertz CT molecular complexity index is 356. The lowest BCUT2D eigenvalue weighted by molar-refractivity contribution is 0.0593. The van der Waals surface area contributed by atoms with Gasteiger partial charge in [-0.2, -0.15) is 0 Å². The molecule has 0 N–H and O–H groups in total. The Labute approximate surface area is 68.6 Å². The minimum absolute atomic E-state index is 0.0283. The van der Waals surface area contributed by atoms with Crippen molar-refractivity contribution < 1.29 is 9.53 Å². The number of carbonyl (C=O) groups excluding carboxylic acids is 1. The first-order chi connectivity index (χ1) is 5.65. The molecule has 5 nitrogen and oxygen atoms in total. The first-order valence-electron chi connectivity index (χ1n) is 3.26. The van der Waals surface area contributed by atoms with E-state index in [2.05, 4.69) is 9.72 Å². The SMILES string of the molecule is COC(=O)c1cc(=O)n(C)cn1. The van der Waals surface area contributed by atoms with Gasteiger partial charge in [-0.3, -0.25) is 4.79 Å². The van der Waals surface area contributed by atoms with Crippen LogP contribution in [0.25, 0.3) is 0 Å². The minimum Gasteiger partial charge on any atom is -0.464 e. The van der Waals surface area contributed by atoms with Crippen LogP contribution in [0.3, 0.4) is 0 Å². The molecule has 0 atom stereocenters. The Kier molecular flexibility index (Phi) is 2.23. The maximum Gasteiger partial charge on any atom is 0.356 e. The molecule has 0 aliphatic rings. The number of nitrogens with zero attached hydrogens (tertiary/aromatic N) is 2. The zero-order valence-electron chi connectivity index (χ0n) is 6.77. The highest BCUT2D eigenvalue weighted by atomic mass is 16.5. The van der Waals surface area contributed by atoms with Gasteiger partial charge in [0, 0.05) is 13.1 Å². The van der Waals surface area contributed by atoms with Crippen LogP contribution >= 0.6 is 0 Å². The molecule has 0 radical (unpaired) electrons. The summed E-state index contributed by atoms with van der Waals surface area (Å²) in [5, 5.41) is 0. The van der Waals surface area contributed by atoms with Gasteiger partial charge in [-0.15, -0.1) is 0 Å². The molecule has 0 bridgehead atoms. The fourth-order valence-electron chi connectivity index (χ4n) is 0.678. The highest BCUT2D eigenvalue weighted by Gasteiger charge is 2.06. The van der Waals surface area contributed by atoms with E-state index >= 15 is 0 Å². The molecule has 0 aliphatic heterocycles. The summed E-state index contributed by atoms with van der Waals surface area (Å²) in [6.07, 6.45) is 1.27. The molecule has 0 aliphatic carbocycles. The highest BCUT2D eigenvalue weighted by molar-refractivity contribution is 5.86. The largest absolute Gasteiger partial charge is 0.464 e. The molecular weight excluding hydrogens is 160 g/mol. The van der Waals surface area contributed by atoms with Crippen molar-refractivity contribution in [2.45, 2.75) is 0 Å². The molecule has 0 unspecified atom stereocenters. The second-order valence-electron chi connectivity index (χ2n) is 2.21. The first kappa shape index (κ1) is 8.45. The van der Waals surface area contributed by atoms with Crippen LogP contribution in [0.4, 0.5) is 0 Å². The molecule has 0 saturated carbocycles. The van der Waals surface area contributed by atoms with Gasteiger partial charge in [0.15, 0.2) is 5.69 Å². The maximum absolute atomic E-state index is 11.0. The summed E-state index contributed by atoms with van der Waals surface area (Å²) in [6.45, 7) is 0. The Morgan fingerprint density at radius 3 is 2.83 bits per heavy atom. The van der Waals surface area contributed by atoms with Crippen molar-refractivity contribution in [3.63, 3.8) is 0 Å². The summed E-state index contributed by atoms with van der Waals surface area (Å²) in [5.41, 5.74) is -0.258. The Morgan fingerprint density at radius 2 is 2.33 bits per heavy atom. The van der Waals surface area contributed by atoms with Gasteiger partial charge in [0.2, 0.25) is 0 Å². The van der Waals surface area contributed by atoms with Gasteiger partial charge < -0.3 is 9.30 Å². The Hall–Kier alpha value is -1.65. The predicted molar refractivity (Wildman–Crippen MR) is 40.8 cm³/mol. The van der Waals surface area contributed by atoms with E-state index in [0.29, 0.717) is 0 Å². The van der Waals surface area contributed by atoms with Crippen molar-refractivity contribution >= 4 is 5.97 Å². The van der Waals surface area contributed by atoms with Crippen LogP contribution in [0, 0.1) is 0 Å². The van der Waals surface area contributed by atoms with Gasteiger partial charge in [-0.25, -0.2) is 9.78 Å². The van der Waals surface area contributed by atoms with Crippen molar-refractivity contribution in [1.29, 1.82) is 0 Å². The predicted octanol–water partition coefficient (Wildman–Crippen LogP) is -0.433. The lowest BCUT2D eigenvalue weighted by Gasteiger charge is -1.98. The lowest BCUT2D eigenvalue weighted by atomic mass is 10.4. The monoisotopic (exact) mass is 168 g/mol. The molecule has 0 saturated heterocycles. The Balaban J connectivity index is 3.13. The second-order valence-corrected chi connectivity index (χ2v) is 2.21. The van der Waals surface area contributed by atoms with Gasteiger partial charge in [0.05, 0.1) is 13.4 Å². The number of methoxy groups -OCH3 is 1. The number of aromatic nitrogens is 2. The van der Waals surface area contributed by atoms with Crippen molar-refractivity contribution in [3.8, 4) is 0 Å². The van der Waals surface area contributed by atoms with Crippen molar-refractivity contribution in [2.75, 3.05) is 7.11 Å². The number of hydrogen-bond donors (Lipinski definition) is 0. The van der Waals surface area contributed by atoms with Crippen LogP contribution in [-0.4, -0.2) is 22.6 Å². The van der Waals surface area contributed by atoms with Crippen molar-refractivity contribution in [2.24, 2.45) is 7.05 Å². The highest BCUT2D eigenvalue weighted by Crippen LogP contribution is 1.90. The minimum atomic E-state index is -0.604. The Morgan fingerprint density at radius 1 is 1.67 bits per heavy atom. The summed E-state index contributed by atoms with van der Waals surface area (Å²) in [7, 11) is 2.79. The standard InChI is InChI=1S/C7H8N2O3/c1-9-4-8-5(3-6(9)10)7(11)12-2/h3-4H,1-2H3. The van der Waals surface area contributed by atoms with E-state index in [1.165, 1.54) is 18.0 Å². The van der Waals surface area contributed by atoms with Crippen LogP contribution in [0.2, 0.25) is 0 Å². The molecule has 0 spiro atoms. The topological polar surface area (TPSA) is 61.2 Å². The van der Waals surface area contributed by atoms with Crippen LogP contribution in [-0.2, 0) is 11.8 Å². The molecule has 5 heteroatoms. The molecule has 1 rings (SSSR count). The zero-order valence-corrected chi connectivity index (χ0v) is 6.77. The van der Waals surface area contributed by atoms with E-state index in [1.807, 2.05) is 0 Å². The quantitative estimate of drug-likeness (QED) is 0.534. The second kappa shape index (κ2) is 3.17. The summed E-state index contributed by atoms with van der Waals surface area (Å²) < 4.78 is 5.65. The normalized spacial score (nSPS) is 9.50. The number of hydrogen-bond acceptors (Lipinski definition) is 4. The van der Waals surface area contributed by atoms with Gasteiger partial charge >= 0.3 is 5.97 Å². The number of carbonyl (C=O) groups is 1. The first-order valence-corrected chi connectivity index (χ1v) is 3.26.